The summed E-state index contributed by atoms with van der Waals surface area (Å²) in [5.41, 5.74) is 0. The largest absolute Gasteiger partial charge is 0.300 e. The molecule has 0 bridgehead atoms. The van der Waals surface area contributed by atoms with Gasteiger partial charge in [0.1, 0.15) is 5.78 Å². The molecule has 2 amide bonds. The van der Waals surface area contributed by atoms with Gasteiger partial charge in [-0.1, -0.05) is 0 Å². The highest BCUT2D eigenvalue weighted by Gasteiger charge is 2.36. The first-order valence-corrected chi connectivity index (χ1v) is 5.05. The molecule has 1 saturated carbocycles. The number of carbonyl (C=O) groups excluding carboxylic acids is 3. The maximum Gasteiger partial charge on any atom is 0.229 e. The number of amides is 2. The molecule has 1 aliphatic carbocycles. The lowest BCUT2D eigenvalue weighted by molar-refractivity contribution is -0.143. The van der Waals surface area contributed by atoms with E-state index in [0.29, 0.717) is 38.5 Å². The van der Waals surface area contributed by atoms with Crippen molar-refractivity contribution < 1.29 is 14.4 Å². The molecule has 0 atom stereocenters. The average Bonchev–Trinajstić information content (AvgIpc) is 2.49. The average molecular weight is 195 g/mol. The molecule has 0 aromatic heterocycles. The van der Waals surface area contributed by atoms with Gasteiger partial charge in [0, 0.05) is 31.7 Å². The van der Waals surface area contributed by atoms with Crippen LogP contribution < -0.4 is 0 Å². The van der Waals surface area contributed by atoms with Crippen LogP contribution >= 0.6 is 0 Å². The van der Waals surface area contributed by atoms with Gasteiger partial charge in [0.05, 0.1) is 0 Å². The lowest BCUT2D eigenvalue weighted by Crippen LogP contribution is -2.41. The van der Waals surface area contributed by atoms with Gasteiger partial charge in [-0.2, -0.15) is 0 Å². The molecule has 2 aliphatic rings. The predicted octanol–water partition coefficient (Wildman–Crippen LogP) is 0.647. The van der Waals surface area contributed by atoms with Crippen molar-refractivity contribution in [3.63, 3.8) is 0 Å². The van der Waals surface area contributed by atoms with Crippen LogP contribution in [0.1, 0.15) is 38.5 Å². The zero-order valence-corrected chi connectivity index (χ0v) is 7.99. The van der Waals surface area contributed by atoms with Crippen molar-refractivity contribution >= 4 is 17.6 Å². The summed E-state index contributed by atoms with van der Waals surface area (Å²) in [7, 11) is 0. The Bertz CT molecular complexity index is 272. The lowest BCUT2D eigenvalue weighted by Gasteiger charge is -2.28. The van der Waals surface area contributed by atoms with Crippen LogP contribution in [-0.2, 0) is 14.4 Å². The second kappa shape index (κ2) is 3.52. The normalized spacial score (nSPS) is 24.9. The van der Waals surface area contributed by atoms with E-state index in [9.17, 15) is 14.4 Å². The molecule has 0 spiro atoms. The van der Waals surface area contributed by atoms with E-state index < -0.39 is 0 Å². The van der Waals surface area contributed by atoms with Crippen molar-refractivity contribution in [2.75, 3.05) is 0 Å². The Hall–Kier alpha value is -1.19. The number of rotatable bonds is 1. The molecule has 1 heterocycles. The summed E-state index contributed by atoms with van der Waals surface area (Å²) in [6.07, 6.45) is 3.06. The quantitative estimate of drug-likeness (QED) is 0.577. The monoisotopic (exact) mass is 195 g/mol. The zero-order chi connectivity index (χ0) is 10.1. The molecule has 0 N–H and O–H groups in total. The Balaban J connectivity index is 2.04. The fourth-order valence-corrected chi connectivity index (χ4v) is 2.18. The molecule has 1 saturated heterocycles. The van der Waals surface area contributed by atoms with Crippen LogP contribution in [-0.4, -0.2) is 28.5 Å². The fraction of sp³-hybridized carbons (Fsp3) is 0.700. The van der Waals surface area contributed by atoms with Gasteiger partial charge in [0.2, 0.25) is 11.8 Å². The fourth-order valence-electron chi connectivity index (χ4n) is 2.18. The summed E-state index contributed by atoms with van der Waals surface area (Å²) < 4.78 is 0. The number of ketones is 1. The third-order valence-corrected chi connectivity index (χ3v) is 2.97. The highest BCUT2D eigenvalue weighted by Crippen LogP contribution is 2.25. The summed E-state index contributed by atoms with van der Waals surface area (Å²) in [6, 6.07) is -0.00444. The van der Waals surface area contributed by atoms with Gasteiger partial charge in [-0.25, -0.2) is 0 Å². The molecule has 76 valence electrons. The Morgan fingerprint density at radius 2 is 1.36 bits per heavy atom. The minimum Gasteiger partial charge on any atom is -0.300 e. The number of Topliss-reactive ketones (excluding diaryl/α,β-unsaturated/α-hetero) is 1. The first kappa shape index (κ1) is 9.37. The molecular formula is C10H13NO3. The molecule has 0 unspecified atom stereocenters. The summed E-state index contributed by atoms with van der Waals surface area (Å²) in [5.74, 6) is 0.129. The summed E-state index contributed by atoms with van der Waals surface area (Å²) in [4.78, 5) is 35.2. The van der Waals surface area contributed by atoms with E-state index in [2.05, 4.69) is 0 Å². The molecule has 0 radical (unpaired) electrons. The summed E-state index contributed by atoms with van der Waals surface area (Å²) in [6.45, 7) is 0. The minimum atomic E-state index is -0.0608. The molecule has 14 heavy (non-hydrogen) atoms. The van der Waals surface area contributed by atoms with Gasteiger partial charge in [-0.05, 0) is 12.8 Å². The van der Waals surface area contributed by atoms with Gasteiger partial charge < -0.3 is 0 Å². The Morgan fingerprint density at radius 3 is 1.86 bits per heavy atom. The van der Waals surface area contributed by atoms with Crippen molar-refractivity contribution in [2.45, 2.75) is 44.6 Å². The Labute approximate surface area is 82.3 Å². The Morgan fingerprint density at radius 1 is 0.857 bits per heavy atom. The number of nitrogens with zero attached hydrogens (tertiary/aromatic N) is 1. The van der Waals surface area contributed by atoms with E-state index in [4.69, 9.17) is 0 Å². The van der Waals surface area contributed by atoms with Crippen LogP contribution in [0.15, 0.2) is 0 Å². The number of imide groups is 1. The van der Waals surface area contributed by atoms with Crippen molar-refractivity contribution in [3.8, 4) is 0 Å². The van der Waals surface area contributed by atoms with E-state index in [1.54, 1.807) is 0 Å². The highest BCUT2D eigenvalue weighted by atomic mass is 16.2. The van der Waals surface area contributed by atoms with Crippen molar-refractivity contribution in [1.29, 1.82) is 0 Å². The van der Waals surface area contributed by atoms with Crippen LogP contribution in [0.3, 0.4) is 0 Å². The third-order valence-electron chi connectivity index (χ3n) is 2.97. The van der Waals surface area contributed by atoms with Crippen molar-refractivity contribution in [3.05, 3.63) is 0 Å². The number of carbonyl (C=O) groups is 3. The topological polar surface area (TPSA) is 54.5 Å². The molecular weight excluding hydrogens is 182 g/mol. The van der Waals surface area contributed by atoms with Crippen LogP contribution in [0, 0.1) is 0 Å². The number of hydrogen-bond donors (Lipinski definition) is 0. The number of hydrogen-bond acceptors (Lipinski definition) is 3. The molecule has 2 rings (SSSR count). The molecule has 0 aromatic carbocycles. The van der Waals surface area contributed by atoms with E-state index >= 15 is 0 Å². The predicted molar refractivity (Wildman–Crippen MR) is 48.4 cm³/mol. The second-order valence-corrected chi connectivity index (χ2v) is 3.93. The standard InChI is InChI=1S/C10H13NO3/c12-8-3-1-7(2-4-8)11-9(13)5-6-10(11)14/h7H,1-6H2. The van der Waals surface area contributed by atoms with Crippen molar-refractivity contribution in [1.82, 2.24) is 4.90 Å². The van der Waals surface area contributed by atoms with Crippen LogP contribution in [0.2, 0.25) is 0 Å². The van der Waals surface area contributed by atoms with E-state index in [1.165, 1.54) is 4.90 Å². The maximum atomic E-state index is 11.4. The van der Waals surface area contributed by atoms with Gasteiger partial charge in [-0.3, -0.25) is 19.3 Å². The second-order valence-electron chi connectivity index (χ2n) is 3.93. The van der Waals surface area contributed by atoms with Gasteiger partial charge in [0.15, 0.2) is 0 Å². The smallest absolute Gasteiger partial charge is 0.229 e. The molecule has 0 aromatic rings. The first-order valence-electron chi connectivity index (χ1n) is 5.05. The Kier molecular flexibility index (Phi) is 2.35. The first-order chi connectivity index (χ1) is 6.68. The summed E-state index contributed by atoms with van der Waals surface area (Å²) >= 11 is 0. The van der Waals surface area contributed by atoms with Crippen LogP contribution in [0.4, 0.5) is 0 Å². The molecule has 2 fully saturated rings. The van der Waals surface area contributed by atoms with Crippen LogP contribution in [0.25, 0.3) is 0 Å². The van der Waals surface area contributed by atoms with Gasteiger partial charge in [-0.15, -0.1) is 0 Å². The van der Waals surface area contributed by atoms with Gasteiger partial charge >= 0.3 is 0 Å². The third kappa shape index (κ3) is 1.56. The SMILES string of the molecule is O=C1CCC(N2C(=O)CCC2=O)CC1. The van der Waals surface area contributed by atoms with E-state index in [0.717, 1.165) is 0 Å². The highest BCUT2D eigenvalue weighted by molar-refractivity contribution is 6.02. The summed E-state index contributed by atoms with van der Waals surface area (Å²) in [5, 5.41) is 0. The minimum absolute atomic E-state index is 0.00444. The van der Waals surface area contributed by atoms with Crippen molar-refractivity contribution in [2.24, 2.45) is 0 Å². The number of likely N-dealkylation sites (tertiary alicyclic amines) is 1. The van der Waals surface area contributed by atoms with E-state index in [1.807, 2.05) is 0 Å². The lowest BCUT2D eigenvalue weighted by atomic mass is 9.93. The molecule has 4 nitrogen and oxygen atoms in total. The maximum absolute atomic E-state index is 11.4. The van der Waals surface area contributed by atoms with Crippen LogP contribution in [0.5, 0.6) is 0 Å². The molecule has 1 aliphatic heterocycles. The van der Waals surface area contributed by atoms with E-state index in [-0.39, 0.29) is 23.6 Å². The molecule has 4 heteroatoms. The van der Waals surface area contributed by atoms with Gasteiger partial charge in [0.25, 0.3) is 0 Å². The zero-order valence-electron chi connectivity index (χ0n) is 7.99.